The molecule has 0 aromatic carbocycles. The predicted molar refractivity (Wildman–Crippen MR) is 67.9 cm³/mol. The van der Waals surface area contributed by atoms with Gasteiger partial charge in [-0.15, -0.1) is 11.3 Å². The van der Waals surface area contributed by atoms with Gasteiger partial charge in [0.05, 0.1) is 0 Å². The molecule has 0 saturated heterocycles. The highest BCUT2D eigenvalue weighted by molar-refractivity contribution is 7.13. The Kier molecular flexibility index (Phi) is 4.28. The molecule has 0 aliphatic rings. The summed E-state index contributed by atoms with van der Waals surface area (Å²) >= 11 is 1.18. The lowest BCUT2D eigenvalue weighted by atomic mass is 10.2. The van der Waals surface area contributed by atoms with E-state index in [9.17, 15) is 9.59 Å². The monoisotopic (exact) mass is 272 g/mol. The van der Waals surface area contributed by atoms with Crippen LogP contribution in [0.25, 0.3) is 0 Å². The number of aliphatic carboxylic acids is 1. The van der Waals surface area contributed by atoms with Gasteiger partial charge in [0.2, 0.25) is 0 Å². The second-order valence-corrected chi connectivity index (χ2v) is 5.55. The highest BCUT2D eigenvalue weighted by atomic mass is 32.1. The molecule has 6 nitrogen and oxygen atoms in total. The van der Waals surface area contributed by atoms with Crippen LogP contribution in [-0.2, 0) is 9.53 Å². The van der Waals surface area contributed by atoms with Crippen LogP contribution in [0, 0.1) is 0 Å². The van der Waals surface area contributed by atoms with Crippen molar-refractivity contribution in [1.82, 2.24) is 4.98 Å². The number of carbonyl (C=O) groups excluding carboxylic acids is 1. The molecule has 0 spiro atoms. The molecule has 1 aromatic rings. The van der Waals surface area contributed by atoms with E-state index in [0.29, 0.717) is 5.13 Å². The molecule has 1 aromatic heterocycles. The van der Waals surface area contributed by atoms with E-state index in [1.54, 1.807) is 26.2 Å². The maximum absolute atomic E-state index is 12.0. The van der Waals surface area contributed by atoms with Crippen molar-refractivity contribution in [3.63, 3.8) is 0 Å². The number of amides is 1. The van der Waals surface area contributed by atoms with Gasteiger partial charge in [-0.3, -0.25) is 0 Å². The first-order valence-corrected chi connectivity index (χ1v) is 6.25. The standard InChI is InChI=1S/C11H16N2O4S/c1-7(8(14)15)13(9-12-5-6-18-9)10(16)17-11(2,3)4/h5-7H,1-4H3,(H,14,15). The summed E-state index contributed by atoms with van der Waals surface area (Å²) in [6.07, 6.45) is 0.790. The van der Waals surface area contributed by atoms with Crippen LogP contribution in [0.5, 0.6) is 0 Å². The molecule has 1 heterocycles. The van der Waals surface area contributed by atoms with E-state index in [1.165, 1.54) is 24.5 Å². The van der Waals surface area contributed by atoms with Gasteiger partial charge >= 0.3 is 12.1 Å². The summed E-state index contributed by atoms with van der Waals surface area (Å²) in [7, 11) is 0. The first-order chi connectivity index (χ1) is 8.22. The van der Waals surface area contributed by atoms with Gasteiger partial charge in [0, 0.05) is 11.6 Å². The van der Waals surface area contributed by atoms with E-state index in [0.717, 1.165) is 4.90 Å². The third-order valence-electron chi connectivity index (χ3n) is 1.96. The Hall–Kier alpha value is -1.63. The van der Waals surface area contributed by atoms with E-state index in [4.69, 9.17) is 9.84 Å². The second-order valence-electron chi connectivity index (χ2n) is 4.68. The van der Waals surface area contributed by atoms with Crippen molar-refractivity contribution < 1.29 is 19.4 Å². The van der Waals surface area contributed by atoms with Gasteiger partial charge in [-0.2, -0.15) is 0 Å². The molecule has 18 heavy (non-hydrogen) atoms. The Morgan fingerprint density at radius 1 is 1.50 bits per heavy atom. The van der Waals surface area contributed by atoms with Gasteiger partial charge in [-0.05, 0) is 27.7 Å². The molecule has 1 rings (SSSR count). The number of hydrogen-bond acceptors (Lipinski definition) is 5. The van der Waals surface area contributed by atoms with E-state index in [-0.39, 0.29) is 0 Å². The summed E-state index contributed by atoms with van der Waals surface area (Å²) < 4.78 is 5.19. The van der Waals surface area contributed by atoms with Crippen LogP contribution in [0.1, 0.15) is 27.7 Å². The minimum atomic E-state index is -1.11. The fourth-order valence-corrected chi connectivity index (χ4v) is 1.87. The van der Waals surface area contributed by atoms with Crippen LogP contribution in [0.15, 0.2) is 11.6 Å². The van der Waals surface area contributed by atoms with Crippen LogP contribution >= 0.6 is 11.3 Å². The smallest absolute Gasteiger partial charge is 0.417 e. The number of anilines is 1. The molecule has 0 saturated carbocycles. The lowest BCUT2D eigenvalue weighted by Crippen LogP contribution is -2.46. The first kappa shape index (κ1) is 14.4. The second kappa shape index (κ2) is 5.34. The zero-order valence-electron chi connectivity index (χ0n) is 10.7. The summed E-state index contributed by atoms with van der Waals surface area (Å²) in [4.78, 5) is 28.0. The van der Waals surface area contributed by atoms with Crippen LogP contribution in [-0.4, -0.2) is 33.8 Å². The average Bonchev–Trinajstić information content (AvgIpc) is 2.67. The number of aromatic nitrogens is 1. The average molecular weight is 272 g/mol. The molecule has 1 atom stereocenters. The Balaban J connectivity index is 2.99. The lowest BCUT2D eigenvalue weighted by Gasteiger charge is -2.27. The normalized spacial score (nSPS) is 12.9. The molecule has 1 amide bonds. The van der Waals surface area contributed by atoms with Gasteiger partial charge < -0.3 is 9.84 Å². The van der Waals surface area contributed by atoms with E-state index in [2.05, 4.69) is 4.98 Å². The number of carbonyl (C=O) groups is 2. The maximum atomic E-state index is 12.0. The molecule has 0 bridgehead atoms. The highest BCUT2D eigenvalue weighted by Gasteiger charge is 2.32. The summed E-state index contributed by atoms with van der Waals surface area (Å²) in [5, 5.41) is 11.0. The number of carboxylic acids is 1. The van der Waals surface area contributed by atoms with Crippen molar-refractivity contribution in [2.75, 3.05) is 4.90 Å². The number of nitrogens with zero attached hydrogens (tertiary/aromatic N) is 2. The van der Waals surface area contributed by atoms with Gasteiger partial charge in [0.1, 0.15) is 11.6 Å². The SMILES string of the molecule is CC(C(=O)O)N(C(=O)OC(C)(C)C)c1nccs1. The molecule has 0 fully saturated rings. The van der Waals surface area contributed by atoms with Crippen LogP contribution in [0.2, 0.25) is 0 Å². The summed E-state index contributed by atoms with van der Waals surface area (Å²) in [5.74, 6) is -1.11. The largest absolute Gasteiger partial charge is 0.480 e. The Bertz CT molecular complexity index is 425. The molecule has 1 N–H and O–H groups in total. The summed E-state index contributed by atoms with van der Waals surface area (Å²) in [6, 6.07) is -1.04. The van der Waals surface area contributed by atoms with Gasteiger partial charge in [0.15, 0.2) is 5.13 Å². The van der Waals surface area contributed by atoms with E-state index in [1.807, 2.05) is 0 Å². The number of thiazole rings is 1. The quantitative estimate of drug-likeness (QED) is 0.913. The third-order valence-corrected chi connectivity index (χ3v) is 2.73. The Morgan fingerprint density at radius 3 is 2.50 bits per heavy atom. The minimum absolute atomic E-state index is 0.305. The molecule has 0 aliphatic carbocycles. The lowest BCUT2D eigenvalue weighted by molar-refractivity contribution is -0.138. The van der Waals surface area contributed by atoms with Crippen LogP contribution in [0.3, 0.4) is 0 Å². The zero-order chi connectivity index (χ0) is 13.9. The fraction of sp³-hybridized carbons (Fsp3) is 0.545. The number of rotatable bonds is 3. The first-order valence-electron chi connectivity index (χ1n) is 5.37. The van der Waals surface area contributed by atoms with Gasteiger partial charge in [0.25, 0.3) is 0 Å². The van der Waals surface area contributed by atoms with Crippen molar-refractivity contribution in [3.05, 3.63) is 11.6 Å². The van der Waals surface area contributed by atoms with Crippen molar-refractivity contribution >= 4 is 28.5 Å². The molecule has 0 radical (unpaired) electrons. The molecule has 100 valence electrons. The molecule has 0 aliphatic heterocycles. The van der Waals surface area contributed by atoms with Crippen LogP contribution < -0.4 is 4.90 Å². The number of ether oxygens (including phenoxy) is 1. The number of hydrogen-bond donors (Lipinski definition) is 1. The summed E-state index contributed by atoms with van der Waals surface area (Å²) in [6.45, 7) is 6.57. The van der Waals surface area contributed by atoms with Crippen molar-refractivity contribution in [2.24, 2.45) is 0 Å². The molecule has 1 unspecified atom stereocenters. The highest BCUT2D eigenvalue weighted by Crippen LogP contribution is 2.23. The van der Waals surface area contributed by atoms with Crippen LogP contribution in [0.4, 0.5) is 9.93 Å². The molecular weight excluding hydrogens is 256 g/mol. The predicted octanol–water partition coefficient (Wildman–Crippen LogP) is 2.36. The Morgan fingerprint density at radius 2 is 2.11 bits per heavy atom. The topological polar surface area (TPSA) is 79.7 Å². The Labute approximate surface area is 109 Å². The van der Waals surface area contributed by atoms with Crippen molar-refractivity contribution in [3.8, 4) is 0 Å². The van der Waals surface area contributed by atoms with Gasteiger partial charge in [-0.1, -0.05) is 0 Å². The van der Waals surface area contributed by atoms with Crippen molar-refractivity contribution in [2.45, 2.75) is 39.3 Å². The van der Waals surface area contributed by atoms with E-state index < -0.39 is 23.7 Å². The maximum Gasteiger partial charge on any atom is 0.417 e. The fourth-order valence-electron chi connectivity index (χ4n) is 1.16. The minimum Gasteiger partial charge on any atom is -0.480 e. The molecular formula is C11H16N2O4S. The zero-order valence-corrected chi connectivity index (χ0v) is 11.5. The summed E-state index contributed by atoms with van der Waals surface area (Å²) in [5.41, 5.74) is -0.690. The third kappa shape index (κ3) is 3.69. The number of carboxylic acid groups (broad SMARTS) is 1. The van der Waals surface area contributed by atoms with Crippen molar-refractivity contribution in [1.29, 1.82) is 0 Å². The van der Waals surface area contributed by atoms with E-state index >= 15 is 0 Å². The van der Waals surface area contributed by atoms with Gasteiger partial charge in [-0.25, -0.2) is 19.5 Å². The molecule has 7 heteroatoms.